The number of phenolic OH excluding ortho intramolecular Hbond substituents is 1. The first-order valence-electron chi connectivity index (χ1n) is 7.74. The minimum absolute atomic E-state index is 0.123. The van der Waals surface area contributed by atoms with E-state index in [9.17, 15) is 9.90 Å². The maximum Gasteiger partial charge on any atom is 0.272 e. The summed E-state index contributed by atoms with van der Waals surface area (Å²) in [5, 5.41) is 18.7. The SMILES string of the molecule is O=C(N/N=C\c1c(O)ccc2ccccc12)c1csc2ccccc12. The number of aromatic hydroxyl groups is 1. The summed E-state index contributed by atoms with van der Waals surface area (Å²) in [5.41, 5.74) is 3.72. The van der Waals surface area contributed by atoms with Gasteiger partial charge in [-0.3, -0.25) is 4.79 Å². The molecule has 0 aliphatic carbocycles. The summed E-state index contributed by atoms with van der Waals surface area (Å²) in [6, 6.07) is 18.9. The number of thiophene rings is 1. The van der Waals surface area contributed by atoms with Crippen molar-refractivity contribution in [3.8, 4) is 5.75 Å². The van der Waals surface area contributed by atoms with Gasteiger partial charge < -0.3 is 5.11 Å². The van der Waals surface area contributed by atoms with E-state index in [1.54, 1.807) is 6.07 Å². The van der Waals surface area contributed by atoms with Crippen molar-refractivity contribution in [2.24, 2.45) is 5.10 Å². The molecule has 0 aliphatic heterocycles. The highest BCUT2D eigenvalue weighted by molar-refractivity contribution is 7.17. The van der Waals surface area contributed by atoms with Crippen molar-refractivity contribution in [2.45, 2.75) is 0 Å². The Hall–Kier alpha value is -3.18. The summed E-state index contributed by atoms with van der Waals surface area (Å²) in [5.74, 6) is -0.147. The van der Waals surface area contributed by atoms with Crippen LogP contribution >= 0.6 is 11.3 Å². The number of carbonyl (C=O) groups excluding carboxylic acids is 1. The van der Waals surface area contributed by atoms with E-state index < -0.39 is 0 Å². The average molecular weight is 346 g/mol. The molecule has 5 heteroatoms. The molecule has 1 aromatic heterocycles. The topological polar surface area (TPSA) is 61.7 Å². The number of nitrogens with one attached hydrogen (secondary N) is 1. The molecule has 0 spiro atoms. The Morgan fingerprint density at radius 3 is 2.64 bits per heavy atom. The molecular formula is C20H14N2O2S. The summed E-state index contributed by atoms with van der Waals surface area (Å²) in [4.78, 5) is 12.4. The zero-order chi connectivity index (χ0) is 17.2. The molecule has 0 radical (unpaired) electrons. The van der Waals surface area contributed by atoms with E-state index in [-0.39, 0.29) is 11.7 Å². The largest absolute Gasteiger partial charge is 0.507 e. The summed E-state index contributed by atoms with van der Waals surface area (Å²) in [6.07, 6.45) is 1.48. The summed E-state index contributed by atoms with van der Waals surface area (Å²) in [7, 11) is 0. The molecule has 4 rings (SSSR count). The highest BCUT2D eigenvalue weighted by atomic mass is 32.1. The Morgan fingerprint density at radius 1 is 1.00 bits per heavy atom. The maximum atomic E-state index is 12.4. The third-order valence-electron chi connectivity index (χ3n) is 4.03. The first-order chi connectivity index (χ1) is 12.2. The van der Waals surface area contributed by atoms with Crippen LogP contribution in [-0.2, 0) is 0 Å². The van der Waals surface area contributed by atoms with Gasteiger partial charge in [-0.1, -0.05) is 48.5 Å². The van der Waals surface area contributed by atoms with E-state index >= 15 is 0 Å². The summed E-state index contributed by atoms with van der Waals surface area (Å²) < 4.78 is 1.06. The number of phenols is 1. The second kappa shape index (κ2) is 6.37. The highest BCUT2D eigenvalue weighted by Crippen LogP contribution is 2.26. The van der Waals surface area contributed by atoms with E-state index in [0.717, 1.165) is 20.9 Å². The lowest BCUT2D eigenvalue weighted by Gasteiger charge is -2.04. The average Bonchev–Trinajstić information content (AvgIpc) is 3.07. The number of rotatable bonds is 3. The van der Waals surface area contributed by atoms with Crippen molar-refractivity contribution in [2.75, 3.05) is 0 Å². The summed E-state index contributed by atoms with van der Waals surface area (Å²) >= 11 is 1.52. The molecule has 3 aromatic carbocycles. The minimum Gasteiger partial charge on any atom is -0.507 e. The molecule has 25 heavy (non-hydrogen) atoms. The number of hydrogen-bond acceptors (Lipinski definition) is 4. The molecule has 4 aromatic rings. The quantitative estimate of drug-likeness (QED) is 0.423. The molecule has 1 amide bonds. The van der Waals surface area contributed by atoms with Crippen molar-refractivity contribution in [3.63, 3.8) is 0 Å². The van der Waals surface area contributed by atoms with E-state index in [1.165, 1.54) is 17.6 Å². The van der Waals surface area contributed by atoms with Crippen LogP contribution in [0.3, 0.4) is 0 Å². The van der Waals surface area contributed by atoms with Gasteiger partial charge in [0.1, 0.15) is 5.75 Å². The number of hydrogen-bond donors (Lipinski definition) is 2. The van der Waals surface area contributed by atoms with Gasteiger partial charge in [0.05, 0.1) is 11.8 Å². The molecular weight excluding hydrogens is 332 g/mol. The van der Waals surface area contributed by atoms with Gasteiger partial charge in [-0.2, -0.15) is 5.10 Å². The molecule has 0 atom stereocenters. The number of amides is 1. The smallest absolute Gasteiger partial charge is 0.272 e. The Morgan fingerprint density at radius 2 is 1.76 bits per heavy atom. The second-order valence-corrected chi connectivity index (χ2v) is 6.48. The normalized spacial score (nSPS) is 11.4. The van der Waals surface area contributed by atoms with Gasteiger partial charge >= 0.3 is 0 Å². The molecule has 0 saturated heterocycles. The van der Waals surface area contributed by atoms with Crippen molar-refractivity contribution < 1.29 is 9.90 Å². The maximum absolute atomic E-state index is 12.4. The molecule has 2 N–H and O–H groups in total. The van der Waals surface area contributed by atoms with Gasteiger partial charge in [0.2, 0.25) is 0 Å². The van der Waals surface area contributed by atoms with E-state index in [4.69, 9.17) is 0 Å². The molecule has 0 bridgehead atoms. The zero-order valence-electron chi connectivity index (χ0n) is 13.1. The standard InChI is InChI=1S/C20H14N2O2S/c23-18-10-9-13-5-1-2-6-14(13)16(18)11-21-22-20(24)17-12-25-19-8-4-3-7-15(17)19/h1-12,23H,(H,22,24)/b21-11-. The molecule has 0 fully saturated rings. The molecule has 1 heterocycles. The third kappa shape index (κ3) is 2.86. The second-order valence-electron chi connectivity index (χ2n) is 5.56. The predicted octanol–water partition coefficient (Wildman–Crippen LogP) is 4.52. The number of hydrazone groups is 1. The number of fused-ring (bicyclic) bond motifs is 2. The predicted molar refractivity (Wildman–Crippen MR) is 102 cm³/mol. The van der Waals surface area contributed by atoms with Crippen molar-refractivity contribution >= 4 is 44.3 Å². The van der Waals surface area contributed by atoms with Crippen LogP contribution in [0.15, 0.2) is 71.1 Å². The lowest BCUT2D eigenvalue weighted by molar-refractivity contribution is 0.0957. The van der Waals surface area contributed by atoms with Crippen LogP contribution in [-0.4, -0.2) is 17.2 Å². The summed E-state index contributed by atoms with van der Waals surface area (Å²) in [6.45, 7) is 0. The molecule has 122 valence electrons. The van der Waals surface area contributed by atoms with Crippen LogP contribution < -0.4 is 5.43 Å². The highest BCUT2D eigenvalue weighted by Gasteiger charge is 2.11. The van der Waals surface area contributed by atoms with E-state index in [0.29, 0.717) is 11.1 Å². The molecule has 0 aliphatic rings. The Balaban J connectivity index is 1.61. The van der Waals surface area contributed by atoms with Crippen molar-refractivity contribution in [3.05, 3.63) is 77.2 Å². The van der Waals surface area contributed by atoms with Gasteiger partial charge in [-0.25, -0.2) is 5.43 Å². The van der Waals surface area contributed by atoms with Crippen LogP contribution in [0, 0.1) is 0 Å². The fourth-order valence-electron chi connectivity index (χ4n) is 2.79. The molecule has 0 unspecified atom stereocenters. The van der Waals surface area contributed by atoms with Crippen LogP contribution in [0.4, 0.5) is 0 Å². The van der Waals surface area contributed by atoms with Crippen LogP contribution in [0.25, 0.3) is 20.9 Å². The molecule has 0 saturated carbocycles. The first kappa shape index (κ1) is 15.4. The number of carbonyl (C=O) groups is 1. The first-order valence-corrected chi connectivity index (χ1v) is 8.62. The Bertz CT molecular complexity index is 1120. The number of nitrogens with zero attached hydrogens (tertiary/aromatic N) is 1. The van der Waals surface area contributed by atoms with Crippen molar-refractivity contribution in [1.82, 2.24) is 5.43 Å². The van der Waals surface area contributed by atoms with Gasteiger partial charge in [0.15, 0.2) is 0 Å². The number of benzene rings is 3. The third-order valence-corrected chi connectivity index (χ3v) is 5.00. The minimum atomic E-state index is -0.270. The fourth-order valence-corrected chi connectivity index (χ4v) is 3.73. The van der Waals surface area contributed by atoms with E-state index in [1.807, 2.05) is 60.0 Å². The molecule has 4 nitrogen and oxygen atoms in total. The Kier molecular flexibility index (Phi) is 3.91. The van der Waals surface area contributed by atoms with Crippen LogP contribution in [0.1, 0.15) is 15.9 Å². The van der Waals surface area contributed by atoms with Gasteiger partial charge in [0.25, 0.3) is 5.91 Å². The van der Waals surface area contributed by atoms with Crippen LogP contribution in [0.5, 0.6) is 5.75 Å². The van der Waals surface area contributed by atoms with Crippen molar-refractivity contribution in [1.29, 1.82) is 0 Å². The Labute approximate surface area is 148 Å². The van der Waals surface area contributed by atoms with Gasteiger partial charge in [-0.15, -0.1) is 11.3 Å². The van der Waals surface area contributed by atoms with E-state index in [2.05, 4.69) is 10.5 Å². The van der Waals surface area contributed by atoms with Gasteiger partial charge in [0, 0.05) is 21.0 Å². The lowest BCUT2D eigenvalue weighted by Crippen LogP contribution is -2.17. The van der Waals surface area contributed by atoms with Gasteiger partial charge in [-0.05, 0) is 22.9 Å². The monoisotopic (exact) mass is 346 g/mol. The lowest BCUT2D eigenvalue weighted by atomic mass is 10.0. The van der Waals surface area contributed by atoms with Crippen LogP contribution in [0.2, 0.25) is 0 Å². The zero-order valence-corrected chi connectivity index (χ0v) is 14.0. The fraction of sp³-hybridized carbons (Fsp3) is 0.